The number of hydrogen-bond acceptors (Lipinski definition) is 4. The number of halogens is 1. The molecule has 0 radical (unpaired) electrons. The van der Waals surface area contributed by atoms with Crippen LogP contribution in [0.15, 0.2) is 48.5 Å². The van der Waals surface area contributed by atoms with Crippen molar-refractivity contribution < 1.29 is 9.53 Å². The molecule has 0 saturated carbocycles. The number of amides is 1. The first-order valence-corrected chi connectivity index (χ1v) is 8.69. The Hall–Kier alpha value is -2.40. The van der Waals surface area contributed by atoms with Crippen LogP contribution in [-0.2, 0) is 11.3 Å². The maximum atomic E-state index is 12.4. The summed E-state index contributed by atoms with van der Waals surface area (Å²) in [6.45, 7) is 4.26. The average Bonchev–Trinajstić information content (AvgIpc) is 2.62. The molecule has 0 spiro atoms. The first kappa shape index (κ1) is 17.4. The highest BCUT2D eigenvalue weighted by molar-refractivity contribution is 6.31. The molecule has 0 aliphatic carbocycles. The number of nitrogens with two attached hydrogens (primary N) is 1. The molecule has 2 aromatic rings. The average molecular weight is 360 g/mol. The molecule has 25 heavy (non-hydrogen) atoms. The number of ether oxygens (including phenoxy) is 1. The third kappa shape index (κ3) is 4.17. The summed E-state index contributed by atoms with van der Waals surface area (Å²) in [6.07, 6.45) is -0.282. The lowest BCUT2D eigenvalue weighted by atomic mass is 10.1. The lowest BCUT2D eigenvalue weighted by Gasteiger charge is -2.40. The maximum absolute atomic E-state index is 12.4. The zero-order chi connectivity index (χ0) is 17.8. The molecule has 1 aliphatic rings. The first-order chi connectivity index (χ1) is 12.0. The van der Waals surface area contributed by atoms with E-state index in [9.17, 15) is 4.79 Å². The minimum atomic E-state index is -0.282. The van der Waals surface area contributed by atoms with E-state index in [1.807, 2.05) is 49.4 Å². The van der Waals surface area contributed by atoms with Crippen molar-refractivity contribution >= 4 is 29.1 Å². The molecular weight excluding hydrogens is 338 g/mol. The number of hydrogen-bond donors (Lipinski definition) is 1. The summed E-state index contributed by atoms with van der Waals surface area (Å²) in [5.74, 6) is 0. The van der Waals surface area contributed by atoms with Crippen molar-refractivity contribution in [3.05, 3.63) is 59.1 Å². The fourth-order valence-electron chi connectivity index (χ4n) is 3.04. The van der Waals surface area contributed by atoms with Crippen molar-refractivity contribution in [2.24, 2.45) is 0 Å². The molecule has 2 aromatic carbocycles. The Morgan fingerprint density at radius 2 is 2.00 bits per heavy atom. The summed E-state index contributed by atoms with van der Waals surface area (Å²) in [7, 11) is 0. The Labute approximate surface area is 152 Å². The molecule has 1 saturated heterocycles. The second-order valence-electron chi connectivity index (χ2n) is 6.23. The van der Waals surface area contributed by atoms with Gasteiger partial charge >= 0.3 is 6.09 Å². The fourth-order valence-corrected chi connectivity index (χ4v) is 3.21. The Kier molecular flexibility index (Phi) is 5.34. The number of anilines is 2. The zero-order valence-corrected chi connectivity index (χ0v) is 14.9. The number of rotatable bonds is 3. The monoisotopic (exact) mass is 359 g/mol. The third-order valence-corrected chi connectivity index (χ3v) is 4.64. The lowest BCUT2D eigenvalue weighted by molar-refractivity contribution is 0.0795. The van der Waals surface area contributed by atoms with Crippen molar-refractivity contribution in [2.75, 3.05) is 30.3 Å². The standard InChI is InChI=1S/C19H22ClN3O2/c1-14-12-22(18-11-16(20)7-8-17(18)21)9-10-23(14)19(24)25-13-15-5-3-2-4-6-15/h2-8,11,14H,9-10,12-13,21H2,1H3/t14-/m1/s1. The SMILES string of the molecule is C[C@@H]1CN(c2cc(Cl)ccc2N)CCN1C(=O)OCc1ccccc1. The van der Waals surface area contributed by atoms with Crippen LogP contribution < -0.4 is 10.6 Å². The third-order valence-electron chi connectivity index (χ3n) is 4.40. The van der Waals surface area contributed by atoms with E-state index in [-0.39, 0.29) is 18.7 Å². The minimum Gasteiger partial charge on any atom is -0.445 e. The number of piperazine rings is 1. The normalized spacial score (nSPS) is 17.4. The predicted octanol–water partition coefficient (Wildman–Crippen LogP) is 3.77. The van der Waals surface area contributed by atoms with E-state index in [2.05, 4.69) is 4.90 Å². The van der Waals surface area contributed by atoms with E-state index >= 15 is 0 Å². The summed E-state index contributed by atoms with van der Waals surface area (Å²) in [5.41, 5.74) is 8.65. The van der Waals surface area contributed by atoms with Gasteiger partial charge in [-0.15, -0.1) is 0 Å². The van der Waals surface area contributed by atoms with Gasteiger partial charge in [0, 0.05) is 30.7 Å². The number of carbonyl (C=O) groups is 1. The molecule has 5 nitrogen and oxygen atoms in total. The van der Waals surface area contributed by atoms with Crippen LogP contribution in [0.2, 0.25) is 5.02 Å². The summed E-state index contributed by atoms with van der Waals surface area (Å²) in [4.78, 5) is 16.3. The molecule has 0 bridgehead atoms. The highest BCUT2D eigenvalue weighted by atomic mass is 35.5. The Bertz CT molecular complexity index is 739. The smallest absolute Gasteiger partial charge is 0.410 e. The topological polar surface area (TPSA) is 58.8 Å². The molecule has 2 N–H and O–H groups in total. The van der Waals surface area contributed by atoms with Gasteiger partial charge in [-0.2, -0.15) is 0 Å². The predicted molar refractivity (Wildman–Crippen MR) is 101 cm³/mol. The maximum Gasteiger partial charge on any atom is 0.410 e. The van der Waals surface area contributed by atoms with Crippen molar-refractivity contribution in [1.82, 2.24) is 4.90 Å². The van der Waals surface area contributed by atoms with Gasteiger partial charge < -0.3 is 20.3 Å². The van der Waals surface area contributed by atoms with Crippen LogP contribution in [0.4, 0.5) is 16.2 Å². The lowest BCUT2D eigenvalue weighted by Crippen LogP contribution is -2.54. The van der Waals surface area contributed by atoms with Crippen molar-refractivity contribution in [2.45, 2.75) is 19.6 Å². The summed E-state index contributed by atoms with van der Waals surface area (Å²) < 4.78 is 5.44. The van der Waals surface area contributed by atoms with Crippen LogP contribution in [0.25, 0.3) is 0 Å². The Morgan fingerprint density at radius 3 is 2.72 bits per heavy atom. The summed E-state index contributed by atoms with van der Waals surface area (Å²) in [6, 6.07) is 15.2. The van der Waals surface area contributed by atoms with Crippen LogP contribution in [-0.4, -0.2) is 36.7 Å². The largest absolute Gasteiger partial charge is 0.445 e. The van der Waals surface area contributed by atoms with Crippen LogP contribution >= 0.6 is 11.6 Å². The van der Waals surface area contributed by atoms with Crippen LogP contribution in [0.1, 0.15) is 12.5 Å². The van der Waals surface area contributed by atoms with Gasteiger partial charge in [-0.25, -0.2) is 4.79 Å². The molecule has 132 valence electrons. The summed E-state index contributed by atoms with van der Waals surface area (Å²) >= 11 is 6.08. The number of nitrogens with zero attached hydrogens (tertiary/aromatic N) is 2. The quantitative estimate of drug-likeness (QED) is 0.847. The van der Waals surface area contributed by atoms with Crippen molar-refractivity contribution in [3.63, 3.8) is 0 Å². The molecular formula is C19H22ClN3O2. The van der Waals surface area contributed by atoms with Gasteiger partial charge in [0.25, 0.3) is 0 Å². The van der Waals surface area contributed by atoms with Gasteiger partial charge in [0.1, 0.15) is 6.61 Å². The first-order valence-electron chi connectivity index (χ1n) is 8.32. The number of carbonyl (C=O) groups excluding carboxylic acids is 1. The van der Waals surface area contributed by atoms with E-state index in [0.717, 1.165) is 11.3 Å². The molecule has 1 heterocycles. The van der Waals surface area contributed by atoms with E-state index in [4.69, 9.17) is 22.1 Å². The molecule has 1 aliphatic heterocycles. The highest BCUT2D eigenvalue weighted by Gasteiger charge is 2.29. The van der Waals surface area contributed by atoms with Gasteiger partial charge in [0.2, 0.25) is 0 Å². The van der Waals surface area contributed by atoms with E-state index in [1.54, 1.807) is 11.0 Å². The molecule has 0 unspecified atom stereocenters. The molecule has 6 heteroatoms. The highest BCUT2D eigenvalue weighted by Crippen LogP contribution is 2.29. The second kappa shape index (κ2) is 7.66. The van der Waals surface area contributed by atoms with E-state index < -0.39 is 0 Å². The van der Waals surface area contributed by atoms with E-state index in [1.165, 1.54) is 0 Å². The summed E-state index contributed by atoms with van der Waals surface area (Å²) in [5, 5.41) is 0.654. The van der Waals surface area contributed by atoms with Crippen LogP contribution in [0.3, 0.4) is 0 Å². The van der Waals surface area contributed by atoms with Gasteiger partial charge in [-0.05, 0) is 30.7 Å². The zero-order valence-electron chi connectivity index (χ0n) is 14.2. The minimum absolute atomic E-state index is 0.0235. The molecule has 0 aromatic heterocycles. The Balaban J connectivity index is 1.59. The Morgan fingerprint density at radius 1 is 1.24 bits per heavy atom. The van der Waals surface area contributed by atoms with Crippen molar-refractivity contribution in [3.8, 4) is 0 Å². The molecule has 1 amide bonds. The molecule has 3 rings (SSSR count). The van der Waals surface area contributed by atoms with Gasteiger partial charge in [-0.1, -0.05) is 41.9 Å². The number of nitrogen functional groups attached to an aromatic ring is 1. The van der Waals surface area contributed by atoms with Crippen molar-refractivity contribution in [1.29, 1.82) is 0 Å². The number of benzene rings is 2. The second-order valence-corrected chi connectivity index (χ2v) is 6.67. The van der Waals surface area contributed by atoms with Gasteiger partial charge in [0.15, 0.2) is 0 Å². The fraction of sp³-hybridized carbons (Fsp3) is 0.316. The van der Waals surface area contributed by atoms with Gasteiger partial charge in [-0.3, -0.25) is 0 Å². The van der Waals surface area contributed by atoms with Gasteiger partial charge in [0.05, 0.1) is 11.4 Å². The molecule has 1 atom stereocenters. The van der Waals surface area contributed by atoms with E-state index in [0.29, 0.717) is 30.3 Å². The van der Waals surface area contributed by atoms with Crippen LogP contribution in [0, 0.1) is 0 Å². The van der Waals surface area contributed by atoms with Crippen LogP contribution in [0.5, 0.6) is 0 Å². The molecule has 1 fully saturated rings.